The average Bonchev–Trinajstić information content (AvgIpc) is 3.03. The number of nitrogens with zero attached hydrogens (tertiary/aromatic N) is 2. The van der Waals surface area contributed by atoms with Crippen LogP contribution in [0.25, 0.3) is 11.1 Å². The first-order valence-electron chi connectivity index (χ1n) is 9.27. The van der Waals surface area contributed by atoms with Crippen LogP contribution >= 0.6 is 11.6 Å². The molecule has 3 aromatic rings. The van der Waals surface area contributed by atoms with Crippen molar-refractivity contribution in [3.05, 3.63) is 116 Å². The van der Waals surface area contributed by atoms with Crippen LogP contribution in [0, 0.1) is 36.5 Å². The molecule has 0 atom stereocenters. The van der Waals surface area contributed by atoms with Gasteiger partial charge in [-0.25, -0.2) is 0 Å². The number of benzene rings is 3. The van der Waals surface area contributed by atoms with E-state index in [1.807, 2.05) is 68.4 Å². The van der Waals surface area contributed by atoms with Gasteiger partial charge in [-0.3, -0.25) is 0 Å². The molecule has 0 fully saturated rings. The molecular weight excluding hydrogens is 376 g/mol. The van der Waals surface area contributed by atoms with Gasteiger partial charge < -0.3 is 0 Å². The van der Waals surface area contributed by atoms with Gasteiger partial charge in [-0.05, 0) is 58.7 Å². The molecule has 3 heteroatoms. The van der Waals surface area contributed by atoms with E-state index in [0.29, 0.717) is 10.6 Å². The standard InChI is InChI=1S/C26H17ClN2/c1-16-5-3-7-18(11-16)24-22-10-9-21(27)13-23(22)25(26(24)20(14-28)15-29)19-8-4-6-17(2)12-19/h3-13H,1-2H3. The maximum absolute atomic E-state index is 9.78. The zero-order chi connectivity index (χ0) is 20.5. The molecule has 1 aliphatic rings. The Labute approximate surface area is 174 Å². The van der Waals surface area contributed by atoms with Gasteiger partial charge in [0.05, 0.1) is 0 Å². The molecule has 0 radical (unpaired) electrons. The van der Waals surface area contributed by atoms with Gasteiger partial charge >= 0.3 is 0 Å². The lowest BCUT2D eigenvalue weighted by molar-refractivity contribution is 1.41. The minimum Gasteiger partial charge on any atom is -0.192 e. The molecule has 0 unspecified atom stereocenters. The van der Waals surface area contributed by atoms with Crippen molar-refractivity contribution in [1.29, 1.82) is 10.5 Å². The van der Waals surface area contributed by atoms with Crippen LogP contribution in [-0.2, 0) is 0 Å². The Balaban J connectivity index is 2.24. The molecule has 0 amide bonds. The van der Waals surface area contributed by atoms with Crippen LogP contribution in [0.15, 0.2) is 77.9 Å². The predicted octanol–water partition coefficient (Wildman–Crippen LogP) is 4.71. The molecule has 0 N–H and O–H groups in total. The normalized spacial score (nSPS) is 12.4. The van der Waals surface area contributed by atoms with Crippen LogP contribution < -0.4 is 10.4 Å². The molecule has 4 rings (SSSR count). The minimum absolute atomic E-state index is 0.102. The summed E-state index contributed by atoms with van der Waals surface area (Å²) in [6.07, 6.45) is 0. The highest BCUT2D eigenvalue weighted by molar-refractivity contribution is 6.30. The minimum atomic E-state index is 0.102. The lowest BCUT2D eigenvalue weighted by Gasteiger charge is -2.13. The van der Waals surface area contributed by atoms with Crippen LogP contribution in [0.3, 0.4) is 0 Å². The first kappa shape index (κ1) is 18.8. The second-order valence-corrected chi connectivity index (χ2v) is 7.59. The highest BCUT2D eigenvalue weighted by Gasteiger charge is 2.26. The van der Waals surface area contributed by atoms with Crippen molar-refractivity contribution in [1.82, 2.24) is 0 Å². The Hall–Kier alpha value is -3.59. The topological polar surface area (TPSA) is 47.6 Å². The summed E-state index contributed by atoms with van der Waals surface area (Å²) < 4.78 is 0. The Morgan fingerprint density at radius 3 is 1.79 bits per heavy atom. The maximum atomic E-state index is 9.78. The molecular formula is C26H17ClN2. The third-order valence-electron chi connectivity index (χ3n) is 5.11. The summed E-state index contributed by atoms with van der Waals surface area (Å²) in [5, 5.41) is 22.1. The molecule has 3 aromatic carbocycles. The van der Waals surface area contributed by atoms with E-state index < -0.39 is 0 Å². The number of hydrogen-bond acceptors (Lipinski definition) is 2. The monoisotopic (exact) mass is 392 g/mol. The molecule has 0 bridgehead atoms. The number of allylic oxidation sites excluding steroid dienone is 2. The van der Waals surface area contributed by atoms with Gasteiger partial charge in [-0.1, -0.05) is 77.3 Å². The van der Waals surface area contributed by atoms with Gasteiger partial charge in [0.2, 0.25) is 0 Å². The van der Waals surface area contributed by atoms with Gasteiger partial charge in [0.25, 0.3) is 0 Å². The molecule has 0 spiro atoms. The molecule has 0 heterocycles. The SMILES string of the molecule is Cc1cccc(C2=c3ccc(Cl)cc3=C(c3cccc(C)c3)C2=C(C#N)C#N)c1. The number of nitriles is 2. The largest absolute Gasteiger partial charge is 0.192 e. The second kappa shape index (κ2) is 7.44. The van der Waals surface area contributed by atoms with Crippen LogP contribution in [-0.4, -0.2) is 0 Å². The average molecular weight is 393 g/mol. The third kappa shape index (κ3) is 3.25. The van der Waals surface area contributed by atoms with Crippen molar-refractivity contribution in [2.24, 2.45) is 0 Å². The summed E-state index contributed by atoms with van der Waals surface area (Å²) in [6.45, 7) is 4.06. The van der Waals surface area contributed by atoms with Gasteiger partial charge in [-0.2, -0.15) is 10.5 Å². The fourth-order valence-electron chi connectivity index (χ4n) is 3.92. The zero-order valence-electron chi connectivity index (χ0n) is 16.1. The van der Waals surface area contributed by atoms with Gasteiger partial charge in [0, 0.05) is 10.6 Å². The number of hydrogen-bond donors (Lipinski definition) is 0. The first-order valence-corrected chi connectivity index (χ1v) is 9.64. The Kier molecular flexibility index (Phi) is 4.81. The second-order valence-electron chi connectivity index (χ2n) is 7.15. The highest BCUT2D eigenvalue weighted by Crippen LogP contribution is 2.36. The Bertz CT molecular complexity index is 1380. The fourth-order valence-corrected chi connectivity index (χ4v) is 4.10. The quantitative estimate of drug-likeness (QED) is 0.593. The number of aryl methyl sites for hydroxylation is 2. The summed E-state index contributed by atoms with van der Waals surface area (Å²) >= 11 is 6.35. The first-order chi connectivity index (χ1) is 14.0. The van der Waals surface area contributed by atoms with E-state index in [1.54, 1.807) is 0 Å². The smallest absolute Gasteiger partial charge is 0.138 e. The van der Waals surface area contributed by atoms with E-state index in [1.165, 1.54) is 0 Å². The molecule has 1 aliphatic carbocycles. The third-order valence-corrected chi connectivity index (χ3v) is 5.34. The van der Waals surface area contributed by atoms with E-state index in [-0.39, 0.29) is 5.57 Å². The van der Waals surface area contributed by atoms with Crippen LogP contribution in [0.4, 0.5) is 0 Å². The molecule has 0 saturated carbocycles. The van der Waals surface area contributed by atoms with Gasteiger partial charge in [0.15, 0.2) is 0 Å². The molecule has 29 heavy (non-hydrogen) atoms. The lowest BCUT2D eigenvalue weighted by atomic mass is 9.88. The van der Waals surface area contributed by atoms with E-state index in [0.717, 1.165) is 43.8 Å². The van der Waals surface area contributed by atoms with Crippen molar-refractivity contribution in [2.45, 2.75) is 13.8 Å². The molecule has 0 aromatic heterocycles. The van der Waals surface area contributed by atoms with Crippen molar-refractivity contribution in [2.75, 3.05) is 0 Å². The van der Waals surface area contributed by atoms with E-state index in [4.69, 9.17) is 11.6 Å². The summed E-state index contributed by atoms with van der Waals surface area (Å²) in [5.41, 5.74) is 6.72. The zero-order valence-corrected chi connectivity index (χ0v) is 16.9. The Morgan fingerprint density at radius 1 is 0.724 bits per heavy atom. The summed E-state index contributed by atoms with van der Waals surface area (Å²) in [4.78, 5) is 0. The summed E-state index contributed by atoms with van der Waals surface area (Å²) in [7, 11) is 0. The predicted molar refractivity (Wildman–Crippen MR) is 116 cm³/mol. The Morgan fingerprint density at radius 2 is 1.28 bits per heavy atom. The summed E-state index contributed by atoms with van der Waals surface area (Å²) in [5.74, 6) is 0. The molecule has 0 aliphatic heterocycles. The van der Waals surface area contributed by atoms with Crippen LogP contribution in [0.1, 0.15) is 22.3 Å². The number of rotatable bonds is 2. The molecule has 0 saturated heterocycles. The van der Waals surface area contributed by atoms with Crippen molar-refractivity contribution in [3.8, 4) is 12.1 Å². The van der Waals surface area contributed by atoms with E-state index >= 15 is 0 Å². The maximum Gasteiger partial charge on any atom is 0.138 e. The fraction of sp³-hybridized carbons (Fsp3) is 0.0769. The van der Waals surface area contributed by atoms with Crippen molar-refractivity contribution in [3.63, 3.8) is 0 Å². The summed E-state index contributed by atoms with van der Waals surface area (Å²) in [6, 6.07) is 26.2. The molecule has 138 valence electrons. The van der Waals surface area contributed by atoms with E-state index in [9.17, 15) is 10.5 Å². The molecule has 2 nitrogen and oxygen atoms in total. The lowest BCUT2D eigenvalue weighted by Crippen LogP contribution is -2.24. The van der Waals surface area contributed by atoms with Crippen LogP contribution in [0.2, 0.25) is 5.02 Å². The van der Waals surface area contributed by atoms with E-state index in [2.05, 4.69) is 24.3 Å². The van der Waals surface area contributed by atoms with Crippen molar-refractivity contribution >= 4 is 22.7 Å². The van der Waals surface area contributed by atoms with Crippen LogP contribution in [0.5, 0.6) is 0 Å². The van der Waals surface area contributed by atoms with Crippen molar-refractivity contribution < 1.29 is 0 Å². The number of halogens is 1. The van der Waals surface area contributed by atoms with Gasteiger partial charge in [0.1, 0.15) is 17.7 Å². The number of fused-ring (bicyclic) bond motifs is 1. The highest BCUT2D eigenvalue weighted by atomic mass is 35.5. The van der Waals surface area contributed by atoms with Gasteiger partial charge in [-0.15, -0.1) is 0 Å².